The van der Waals surface area contributed by atoms with E-state index >= 15 is 0 Å². The molecule has 3 aromatic carbocycles. The highest BCUT2D eigenvalue weighted by molar-refractivity contribution is 5.88. The van der Waals surface area contributed by atoms with E-state index in [1.165, 1.54) is 36.8 Å². The van der Waals surface area contributed by atoms with Crippen molar-refractivity contribution in [1.29, 1.82) is 0 Å². The summed E-state index contributed by atoms with van der Waals surface area (Å²) in [7, 11) is 0. The Morgan fingerprint density at radius 2 is 1.67 bits per heavy atom. The van der Waals surface area contributed by atoms with Crippen molar-refractivity contribution in [2.75, 3.05) is 0 Å². The Morgan fingerprint density at radius 3 is 2.37 bits per heavy atom. The molecule has 0 amide bonds. The van der Waals surface area contributed by atoms with Gasteiger partial charge in [-0.15, -0.1) is 6.58 Å². The smallest absolute Gasteiger partial charge is 0.134 e. The maximum Gasteiger partial charge on any atom is 0.134 e. The molecule has 1 aliphatic carbocycles. The van der Waals surface area contributed by atoms with E-state index in [1.807, 2.05) is 30.3 Å². The number of fused-ring (bicyclic) bond motifs is 1. The van der Waals surface area contributed by atoms with Crippen molar-refractivity contribution in [3.8, 4) is 11.1 Å². The molecule has 3 aromatic rings. The summed E-state index contributed by atoms with van der Waals surface area (Å²) in [4.78, 5) is 0. The van der Waals surface area contributed by atoms with Crippen molar-refractivity contribution in [3.05, 3.63) is 96.3 Å². The van der Waals surface area contributed by atoms with E-state index in [0.717, 1.165) is 28.9 Å². The molecule has 0 nitrogen and oxygen atoms in total. The molecule has 0 aromatic heterocycles. The molecule has 1 saturated carbocycles. The summed E-state index contributed by atoms with van der Waals surface area (Å²) in [5, 5.41) is 1.66. The lowest BCUT2D eigenvalue weighted by Crippen LogP contribution is -2.11. The van der Waals surface area contributed by atoms with E-state index in [1.54, 1.807) is 0 Å². The fraction of sp³-hybridized carbons (Fsp3) is 0.310. The Hall–Kier alpha value is -2.67. The molecule has 0 bridgehead atoms. The molecular weight excluding hydrogens is 367 g/mol. The summed E-state index contributed by atoms with van der Waals surface area (Å²) in [5.41, 5.74) is 4.56. The predicted molar refractivity (Wildman–Crippen MR) is 127 cm³/mol. The number of benzene rings is 3. The van der Waals surface area contributed by atoms with E-state index in [-0.39, 0.29) is 5.82 Å². The average molecular weight is 399 g/mol. The lowest BCUT2D eigenvalue weighted by molar-refractivity contribution is 0.376. The molecule has 0 saturated heterocycles. The number of rotatable bonds is 6. The Balaban J connectivity index is 1.52. The van der Waals surface area contributed by atoms with Crippen LogP contribution in [0.3, 0.4) is 0 Å². The van der Waals surface area contributed by atoms with Crippen LogP contribution in [0.2, 0.25) is 0 Å². The van der Waals surface area contributed by atoms with Gasteiger partial charge in [-0.2, -0.15) is 0 Å². The first-order valence-electron chi connectivity index (χ1n) is 11.2. The summed E-state index contributed by atoms with van der Waals surface area (Å²) >= 11 is 0. The third kappa shape index (κ3) is 4.41. The Labute approximate surface area is 180 Å². The highest BCUT2D eigenvalue weighted by Gasteiger charge is 2.20. The van der Waals surface area contributed by atoms with Gasteiger partial charge in [-0.25, -0.2) is 4.39 Å². The third-order valence-corrected chi connectivity index (χ3v) is 6.60. The molecule has 0 heterocycles. The zero-order valence-electron chi connectivity index (χ0n) is 17.9. The van der Waals surface area contributed by atoms with E-state index in [2.05, 4.69) is 56.0 Å². The first-order valence-corrected chi connectivity index (χ1v) is 11.2. The normalized spacial score (nSPS) is 19.4. The van der Waals surface area contributed by atoms with Gasteiger partial charge >= 0.3 is 0 Å². The minimum Gasteiger partial charge on any atom is -0.206 e. The van der Waals surface area contributed by atoms with Gasteiger partial charge in [-0.1, -0.05) is 66.8 Å². The van der Waals surface area contributed by atoms with Crippen LogP contribution in [0.5, 0.6) is 0 Å². The van der Waals surface area contributed by atoms with Crippen molar-refractivity contribution in [2.45, 2.75) is 51.4 Å². The van der Waals surface area contributed by atoms with E-state index < -0.39 is 0 Å². The number of halogens is 1. The predicted octanol–water partition coefficient (Wildman–Crippen LogP) is 8.61. The largest absolute Gasteiger partial charge is 0.206 e. The number of hydrogen-bond donors (Lipinski definition) is 0. The van der Waals surface area contributed by atoms with Crippen molar-refractivity contribution >= 4 is 10.8 Å². The van der Waals surface area contributed by atoms with Gasteiger partial charge in [-0.05, 0) is 91.0 Å². The molecule has 1 heteroatoms. The zero-order valence-corrected chi connectivity index (χ0v) is 17.9. The van der Waals surface area contributed by atoms with Crippen molar-refractivity contribution < 1.29 is 4.39 Å². The van der Waals surface area contributed by atoms with Crippen LogP contribution in [0.1, 0.15) is 56.1 Å². The standard InChI is InChI=1S/C29H31F/c1-3-5-7-25-16-17-27-20-26(18-19-28(27)29(25)30)24-14-12-23(13-15-24)22-10-8-21(6-4-2)9-11-22/h3-4,6,12-22H,1,5,7-11H2,2H3/b6-4+. The summed E-state index contributed by atoms with van der Waals surface area (Å²) in [5.74, 6) is 1.35. The molecule has 0 N–H and O–H groups in total. The number of allylic oxidation sites excluding steroid dienone is 3. The van der Waals surface area contributed by atoms with Crippen LogP contribution >= 0.6 is 0 Å². The Bertz CT molecular complexity index is 1030. The van der Waals surface area contributed by atoms with Crippen molar-refractivity contribution in [2.24, 2.45) is 5.92 Å². The van der Waals surface area contributed by atoms with Gasteiger partial charge in [0, 0.05) is 5.39 Å². The van der Waals surface area contributed by atoms with Gasteiger partial charge in [-0.3, -0.25) is 0 Å². The minimum absolute atomic E-state index is 0.0928. The fourth-order valence-corrected chi connectivity index (χ4v) is 4.83. The lowest BCUT2D eigenvalue weighted by atomic mass is 9.78. The van der Waals surface area contributed by atoms with Crippen molar-refractivity contribution in [1.82, 2.24) is 0 Å². The van der Waals surface area contributed by atoms with Crippen LogP contribution in [-0.2, 0) is 6.42 Å². The van der Waals surface area contributed by atoms with Crippen molar-refractivity contribution in [3.63, 3.8) is 0 Å². The molecule has 30 heavy (non-hydrogen) atoms. The SMILES string of the molecule is C=CCCc1ccc2cc(-c3ccc(C4CCC(/C=C/C)CC4)cc3)ccc2c1F. The second kappa shape index (κ2) is 9.43. The third-order valence-electron chi connectivity index (χ3n) is 6.60. The van der Waals surface area contributed by atoms with Crippen LogP contribution in [0.4, 0.5) is 4.39 Å². The summed E-state index contributed by atoms with van der Waals surface area (Å²) in [6.45, 7) is 5.85. The molecule has 0 radical (unpaired) electrons. The van der Waals surface area contributed by atoms with Crippen LogP contribution in [0.25, 0.3) is 21.9 Å². The molecule has 0 aliphatic heterocycles. The van der Waals surface area contributed by atoms with Gasteiger partial charge < -0.3 is 0 Å². The molecule has 1 fully saturated rings. The van der Waals surface area contributed by atoms with Gasteiger partial charge in [0.25, 0.3) is 0 Å². The van der Waals surface area contributed by atoms with E-state index in [4.69, 9.17) is 0 Å². The zero-order chi connectivity index (χ0) is 20.9. The van der Waals surface area contributed by atoms with Crippen LogP contribution in [0, 0.1) is 11.7 Å². The first-order chi connectivity index (χ1) is 14.7. The van der Waals surface area contributed by atoms with Gasteiger partial charge in [0.1, 0.15) is 5.82 Å². The van der Waals surface area contributed by atoms with Crippen LogP contribution < -0.4 is 0 Å². The molecule has 154 valence electrons. The van der Waals surface area contributed by atoms with Gasteiger partial charge in [0.2, 0.25) is 0 Å². The summed E-state index contributed by atoms with van der Waals surface area (Å²) in [6, 6.07) is 19.1. The average Bonchev–Trinajstić information content (AvgIpc) is 2.79. The fourth-order valence-electron chi connectivity index (χ4n) is 4.83. The molecule has 1 aliphatic rings. The maximum atomic E-state index is 14.8. The molecule has 0 unspecified atom stereocenters. The van der Waals surface area contributed by atoms with E-state index in [0.29, 0.717) is 17.7 Å². The summed E-state index contributed by atoms with van der Waals surface area (Å²) < 4.78 is 14.8. The highest BCUT2D eigenvalue weighted by Crippen LogP contribution is 2.37. The maximum absolute atomic E-state index is 14.8. The first kappa shape index (κ1) is 20.6. The number of hydrogen-bond acceptors (Lipinski definition) is 0. The number of aryl methyl sites for hydroxylation is 1. The molecular formula is C29H31F. The monoisotopic (exact) mass is 398 g/mol. The lowest BCUT2D eigenvalue weighted by Gasteiger charge is -2.27. The quantitative estimate of drug-likeness (QED) is 0.365. The van der Waals surface area contributed by atoms with E-state index in [9.17, 15) is 4.39 Å². The second-order valence-corrected chi connectivity index (χ2v) is 8.56. The molecule has 0 atom stereocenters. The Morgan fingerprint density at radius 1 is 0.933 bits per heavy atom. The minimum atomic E-state index is -0.0928. The van der Waals surface area contributed by atoms with Crippen LogP contribution in [0.15, 0.2) is 79.4 Å². The van der Waals surface area contributed by atoms with Gasteiger partial charge in [0.15, 0.2) is 0 Å². The molecule has 0 spiro atoms. The Kier molecular flexibility index (Phi) is 6.47. The summed E-state index contributed by atoms with van der Waals surface area (Å²) in [6.07, 6.45) is 13.0. The van der Waals surface area contributed by atoms with Gasteiger partial charge in [0.05, 0.1) is 0 Å². The second-order valence-electron chi connectivity index (χ2n) is 8.56. The van der Waals surface area contributed by atoms with Crippen LogP contribution in [-0.4, -0.2) is 0 Å². The highest BCUT2D eigenvalue weighted by atomic mass is 19.1. The molecule has 4 rings (SSSR count). The topological polar surface area (TPSA) is 0 Å².